The first-order valence-electron chi connectivity index (χ1n) is 7.70. The van der Waals surface area contributed by atoms with Gasteiger partial charge < -0.3 is 10.6 Å². The molecule has 2 unspecified atom stereocenters. The van der Waals surface area contributed by atoms with Crippen molar-refractivity contribution >= 4 is 5.91 Å². The van der Waals surface area contributed by atoms with Crippen LogP contribution in [0.1, 0.15) is 51.1 Å². The Morgan fingerprint density at radius 1 is 1.29 bits per heavy atom. The maximum Gasteiger partial charge on any atom is 0.222 e. The molecule has 1 amide bonds. The molecule has 1 aromatic carbocycles. The molecule has 0 aromatic heterocycles. The second-order valence-electron chi connectivity index (χ2n) is 5.62. The SMILES string of the molecule is CCC(CCN)CCC(=O)N(C)C(C)c1ccc(F)cc1. The smallest absolute Gasteiger partial charge is 0.222 e. The lowest BCUT2D eigenvalue weighted by Crippen LogP contribution is -2.30. The number of benzene rings is 1. The average molecular weight is 294 g/mol. The molecule has 2 atom stereocenters. The van der Waals surface area contributed by atoms with Gasteiger partial charge in [0, 0.05) is 13.5 Å². The van der Waals surface area contributed by atoms with E-state index in [-0.39, 0.29) is 17.8 Å². The van der Waals surface area contributed by atoms with Gasteiger partial charge in [0.05, 0.1) is 6.04 Å². The van der Waals surface area contributed by atoms with Crippen LogP contribution in [0.2, 0.25) is 0 Å². The number of halogens is 1. The molecule has 2 N–H and O–H groups in total. The first kappa shape index (κ1) is 17.6. The van der Waals surface area contributed by atoms with Gasteiger partial charge in [0.15, 0.2) is 0 Å². The molecular formula is C17H27FN2O. The van der Waals surface area contributed by atoms with Crippen molar-refractivity contribution in [3.05, 3.63) is 35.6 Å². The van der Waals surface area contributed by atoms with Gasteiger partial charge in [-0.3, -0.25) is 4.79 Å². The van der Waals surface area contributed by atoms with Crippen molar-refractivity contribution in [3.8, 4) is 0 Å². The second-order valence-corrected chi connectivity index (χ2v) is 5.62. The van der Waals surface area contributed by atoms with Crippen molar-refractivity contribution < 1.29 is 9.18 Å². The first-order valence-corrected chi connectivity index (χ1v) is 7.70. The Bertz CT molecular complexity index is 433. The molecule has 1 aromatic rings. The largest absolute Gasteiger partial charge is 0.339 e. The van der Waals surface area contributed by atoms with E-state index in [1.54, 1.807) is 24.1 Å². The van der Waals surface area contributed by atoms with Gasteiger partial charge in [0.1, 0.15) is 5.82 Å². The number of nitrogens with two attached hydrogens (primary N) is 1. The number of amides is 1. The molecule has 0 spiro atoms. The Labute approximate surface area is 127 Å². The fourth-order valence-corrected chi connectivity index (χ4v) is 2.47. The Morgan fingerprint density at radius 2 is 1.90 bits per heavy atom. The van der Waals surface area contributed by atoms with Crippen LogP contribution < -0.4 is 5.73 Å². The van der Waals surface area contributed by atoms with Crippen LogP contribution in [0.5, 0.6) is 0 Å². The zero-order valence-corrected chi connectivity index (χ0v) is 13.3. The van der Waals surface area contributed by atoms with Crippen LogP contribution in [-0.2, 0) is 4.79 Å². The molecule has 0 saturated carbocycles. The summed E-state index contributed by atoms with van der Waals surface area (Å²) in [5.74, 6) is 0.392. The van der Waals surface area contributed by atoms with Crippen LogP contribution in [0.4, 0.5) is 4.39 Å². The molecule has 0 bridgehead atoms. The zero-order valence-electron chi connectivity index (χ0n) is 13.3. The van der Waals surface area contributed by atoms with Crippen molar-refractivity contribution in [3.63, 3.8) is 0 Å². The van der Waals surface area contributed by atoms with E-state index in [0.29, 0.717) is 18.9 Å². The van der Waals surface area contributed by atoms with Gasteiger partial charge in [-0.25, -0.2) is 4.39 Å². The van der Waals surface area contributed by atoms with E-state index in [1.807, 2.05) is 6.92 Å². The Balaban J connectivity index is 2.55. The predicted molar refractivity (Wildman–Crippen MR) is 84.3 cm³/mol. The summed E-state index contributed by atoms with van der Waals surface area (Å²) in [6, 6.07) is 6.27. The summed E-state index contributed by atoms with van der Waals surface area (Å²) in [6.07, 6.45) is 3.45. The molecule has 0 aliphatic rings. The molecule has 118 valence electrons. The van der Waals surface area contributed by atoms with Crippen molar-refractivity contribution in [1.29, 1.82) is 0 Å². The number of hydrogen-bond donors (Lipinski definition) is 1. The fourth-order valence-electron chi connectivity index (χ4n) is 2.47. The van der Waals surface area contributed by atoms with Crippen LogP contribution in [0.3, 0.4) is 0 Å². The predicted octanol–water partition coefficient (Wildman–Crippen LogP) is 3.50. The van der Waals surface area contributed by atoms with E-state index in [4.69, 9.17) is 5.73 Å². The van der Waals surface area contributed by atoms with E-state index < -0.39 is 0 Å². The first-order chi connectivity index (χ1) is 9.99. The van der Waals surface area contributed by atoms with Crippen molar-refractivity contribution in [2.45, 2.75) is 45.6 Å². The maximum atomic E-state index is 12.9. The van der Waals surface area contributed by atoms with E-state index in [0.717, 1.165) is 24.8 Å². The third kappa shape index (κ3) is 5.46. The molecule has 0 aliphatic carbocycles. The highest BCUT2D eigenvalue weighted by Crippen LogP contribution is 2.21. The Hall–Kier alpha value is -1.42. The minimum atomic E-state index is -0.257. The van der Waals surface area contributed by atoms with Gasteiger partial charge in [0.25, 0.3) is 0 Å². The van der Waals surface area contributed by atoms with E-state index >= 15 is 0 Å². The Morgan fingerprint density at radius 3 is 2.43 bits per heavy atom. The van der Waals surface area contributed by atoms with E-state index in [1.165, 1.54) is 12.1 Å². The van der Waals surface area contributed by atoms with Crippen LogP contribution in [0.15, 0.2) is 24.3 Å². The summed E-state index contributed by atoms with van der Waals surface area (Å²) in [4.78, 5) is 14.0. The molecule has 0 heterocycles. The van der Waals surface area contributed by atoms with Gasteiger partial charge in [0.2, 0.25) is 5.91 Å². The second kappa shape index (κ2) is 8.78. The van der Waals surface area contributed by atoms with E-state index in [9.17, 15) is 9.18 Å². The van der Waals surface area contributed by atoms with Gasteiger partial charge in [-0.2, -0.15) is 0 Å². The van der Waals surface area contributed by atoms with Crippen LogP contribution in [-0.4, -0.2) is 24.4 Å². The molecule has 4 heteroatoms. The standard InChI is InChI=1S/C17H27FN2O/c1-4-14(11-12-19)5-10-17(21)20(3)13(2)15-6-8-16(18)9-7-15/h6-9,13-14H,4-5,10-12,19H2,1-3H3. The highest BCUT2D eigenvalue weighted by Gasteiger charge is 2.18. The summed E-state index contributed by atoms with van der Waals surface area (Å²) in [6.45, 7) is 4.77. The molecule has 1 rings (SSSR count). The summed E-state index contributed by atoms with van der Waals surface area (Å²) < 4.78 is 12.9. The quantitative estimate of drug-likeness (QED) is 0.797. The fraction of sp³-hybridized carbons (Fsp3) is 0.588. The van der Waals surface area contributed by atoms with Crippen LogP contribution in [0, 0.1) is 11.7 Å². The molecule has 3 nitrogen and oxygen atoms in total. The van der Waals surface area contributed by atoms with E-state index in [2.05, 4.69) is 6.92 Å². The summed E-state index contributed by atoms with van der Waals surface area (Å²) in [5.41, 5.74) is 6.53. The monoisotopic (exact) mass is 294 g/mol. The number of nitrogens with zero attached hydrogens (tertiary/aromatic N) is 1. The normalized spacial score (nSPS) is 13.8. The van der Waals surface area contributed by atoms with Gasteiger partial charge >= 0.3 is 0 Å². The summed E-state index contributed by atoms with van der Waals surface area (Å²) >= 11 is 0. The minimum absolute atomic E-state index is 0.0484. The van der Waals surface area contributed by atoms with Crippen LogP contribution >= 0.6 is 0 Å². The third-order valence-electron chi connectivity index (χ3n) is 4.25. The highest BCUT2D eigenvalue weighted by molar-refractivity contribution is 5.76. The van der Waals surface area contributed by atoms with Crippen molar-refractivity contribution in [1.82, 2.24) is 4.90 Å². The molecule has 0 aliphatic heterocycles. The van der Waals surface area contributed by atoms with Gasteiger partial charge in [-0.1, -0.05) is 25.5 Å². The number of carbonyl (C=O) groups is 1. The van der Waals surface area contributed by atoms with Crippen LogP contribution in [0.25, 0.3) is 0 Å². The van der Waals surface area contributed by atoms with Gasteiger partial charge in [-0.05, 0) is 49.9 Å². The molecule has 0 fully saturated rings. The zero-order chi connectivity index (χ0) is 15.8. The minimum Gasteiger partial charge on any atom is -0.339 e. The lowest BCUT2D eigenvalue weighted by atomic mass is 9.96. The molecule has 0 radical (unpaired) electrons. The summed E-state index contributed by atoms with van der Waals surface area (Å²) in [7, 11) is 1.81. The molecular weight excluding hydrogens is 267 g/mol. The maximum absolute atomic E-state index is 12.9. The number of carbonyl (C=O) groups excluding carboxylic acids is 1. The highest BCUT2D eigenvalue weighted by atomic mass is 19.1. The topological polar surface area (TPSA) is 46.3 Å². The van der Waals surface area contributed by atoms with Crippen molar-refractivity contribution in [2.75, 3.05) is 13.6 Å². The number of hydrogen-bond acceptors (Lipinski definition) is 2. The lowest BCUT2D eigenvalue weighted by Gasteiger charge is -2.26. The van der Waals surface area contributed by atoms with Gasteiger partial charge in [-0.15, -0.1) is 0 Å². The average Bonchev–Trinajstić information content (AvgIpc) is 2.50. The number of rotatable bonds is 8. The molecule has 0 saturated heterocycles. The Kier molecular flexibility index (Phi) is 7.37. The third-order valence-corrected chi connectivity index (χ3v) is 4.25. The molecule has 21 heavy (non-hydrogen) atoms. The van der Waals surface area contributed by atoms with Crippen molar-refractivity contribution in [2.24, 2.45) is 11.7 Å². The summed E-state index contributed by atoms with van der Waals surface area (Å²) in [5, 5.41) is 0. The lowest BCUT2D eigenvalue weighted by molar-refractivity contribution is -0.132.